The van der Waals surface area contributed by atoms with E-state index in [1.807, 2.05) is 42.5 Å². The first-order valence-corrected chi connectivity index (χ1v) is 9.81. The van der Waals surface area contributed by atoms with Gasteiger partial charge in [-0.3, -0.25) is 4.99 Å². The van der Waals surface area contributed by atoms with Crippen LogP contribution in [0.4, 0.5) is 5.69 Å². The maximum atomic E-state index is 10.6. The van der Waals surface area contributed by atoms with Crippen molar-refractivity contribution in [2.75, 3.05) is 14.2 Å². The van der Waals surface area contributed by atoms with Crippen molar-refractivity contribution < 1.29 is 19.3 Å². The summed E-state index contributed by atoms with van der Waals surface area (Å²) < 4.78 is 16.4. The molecule has 0 unspecified atom stereocenters. The second kappa shape index (κ2) is 8.74. The topological polar surface area (TPSA) is 110 Å². The molecule has 160 valence electrons. The number of hydrogen-bond acceptors (Lipinski definition) is 7. The Hall–Kier alpha value is -4.44. The molecule has 0 aliphatic carbocycles. The number of allylic oxidation sites excluding steroid dienone is 1. The van der Waals surface area contributed by atoms with Crippen LogP contribution in [0.25, 0.3) is 0 Å². The van der Waals surface area contributed by atoms with Gasteiger partial charge in [-0.1, -0.05) is 24.3 Å². The number of rotatable bonds is 5. The van der Waals surface area contributed by atoms with Crippen molar-refractivity contribution in [2.24, 2.45) is 10.7 Å². The maximum Gasteiger partial charge on any atom is 0.205 e. The Kier molecular flexibility index (Phi) is 5.69. The molecule has 0 aromatic heterocycles. The van der Waals surface area contributed by atoms with E-state index in [2.05, 4.69) is 11.1 Å². The molecule has 32 heavy (non-hydrogen) atoms. The van der Waals surface area contributed by atoms with Crippen LogP contribution in [0.15, 0.2) is 77.1 Å². The highest BCUT2D eigenvalue weighted by molar-refractivity contribution is 5.87. The van der Waals surface area contributed by atoms with Crippen LogP contribution in [-0.4, -0.2) is 25.5 Å². The summed E-state index contributed by atoms with van der Waals surface area (Å²) in [4.78, 5) is 4.45. The first-order valence-electron chi connectivity index (χ1n) is 9.81. The van der Waals surface area contributed by atoms with Gasteiger partial charge in [0.2, 0.25) is 5.88 Å². The molecule has 7 heteroatoms. The number of hydrogen-bond donors (Lipinski definition) is 2. The van der Waals surface area contributed by atoms with Crippen LogP contribution >= 0.6 is 0 Å². The summed E-state index contributed by atoms with van der Waals surface area (Å²) in [5, 5.41) is 20.4. The third-order valence-corrected chi connectivity index (χ3v) is 5.22. The second-order valence-electron chi connectivity index (χ2n) is 7.08. The molecule has 0 spiro atoms. The maximum absolute atomic E-state index is 10.6. The van der Waals surface area contributed by atoms with Crippen LogP contribution in [0.5, 0.6) is 23.0 Å². The minimum absolute atomic E-state index is 0.00639. The normalized spacial score (nSPS) is 15.1. The van der Waals surface area contributed by atoms with Crippen LogP contribution < -0.4 is 19.9 Å². The Balaban J connectivity index is 1.83. The molecule has 3 aromatic carbocycles. The summed E-state index contributed by atoms with van der Waals surface area (Å²) in [6, 6.07) is 20.1. The van der Waals surface area contributed by atoms with Crippen LogP contribution in [0.3, 0.4) is 0 Å². The fraction of sp³-hybridized carbons (Fsp3) is 0.120. The lowest BCUT2D eigenvalue weighted by Gasteiger charge is -2.28. The lowest BCUT2D eigenvalue weighted by atomic mass is 9.82. The number of methoxy groups -OCH3 is 2. The molecule has 7 nitrogen and oxygen atoms in total. The van der Waals surface area contributed by atoms with Gasteiger partial charge in [0.15, 0.2) is 0 Å². The summed E-state index contributed by atoms with van der Waals surface area (Å²) in [7, 11) is 3.16. The fourth-order valence-electron chi connectivity index (χ4n) is 3.67. The van der Waals surface area contributed by atoms with Crippen molar-refractivity contribution in [1.29, 1.82) is 5.26 Å². The standard InChI is InChI=1S/C25H21N3O4/c1-30-17-7-5-6-16(11-17)28-14-15-10-19-23(12-21(15)29)32-25(27)20(13-26)24(19)18-8-3-4-9-22(18)31-2/h3-12,14,24,29H,27H2,1-2H3/t24-/m1/s1. The van der Waals surface area contributed by atoms with Crippen molar-refractivity contribution >= 4 is 11.9 Å². The van der Waals surface area contributed by atoms with Crippen molar-refractivity contribution in [3.63, 3.8) is 0 Å². The molecule has 1 atom stereocenters. The molecule has 4 rings (SSSR count). The predicted octanol–water partition coefficient (Wildman–Crippen LogP) is 4.38. The van der Waals surface area contributed by atoms with E-state index in [0.717, 1.165) is 5.56 Å². The highest BCUT2D eigenvalue weighted by Crippen LogP contribution is 2.46. The van der Waals surface area contributed by atoms with E-state index >= 15 is 0 Å². The number of phenolic OH excluding ortho intramolecular Hbond substituents is 1. The number of ether oxygens (including phenoxy) is 3. The van der Waals surface area contributed by atoms with E-state index in [9.17, 15) is 10.4 Å². The van der Waals surface area contributed by atoms with Gasteiger partial charge in [-0.25, -0.2) is 0 Å². The molecule has 0 bridgehead atoms. The molecule has 0 fully saturated rings. The minimum atomic E-state index is -0.524. The highest BCUT2D eigenvalue weighted by Gasteiger charge is 2.33. The van der Waals surface area contributed by atoms with Crippen molar-refractivity contribution in [2.45, 2.75) is 5.92 Å². The van der Waals surface area contributed by atoms with Crippen molar-refractivity contribution in [3.05, 3.63) is 88.8 Å². The average Bonchev–Trinajstić information content (AvgIpc) is 2.82. The molecule has 1 aliphatic heterocycles. The summed E-state index contributed by atoms with van der Waals surface area (Å²) in [5.74, 6) is 1.11. The van der Waals surface area contributed by atoms with E-state index in [4.69, 9.17) is 19.9 Å². The molecule has 1 heterocycles. The van der Waals surface area contributed by atoms with Crippen LogP contribution in [0.2, 0.25) is 0 Å². The number of benzene rings is 3. The minimum Gasteiger partial charge on any atom is -0.507 e. The van der Waals surface area contributed by atoms with E-state index in [-0.39, 0.29) is 17.2 Å². The number of nitrogens with zero attached hydrogens (tertiary/aromatic N) is 2. The quantitative estimate of drug-likeness (QED) is 0.585. The van der Waals surface area contributed by atoms with Gasteiger partial charge in [0, 0.05) is 35.0 Å². The van der Waals surface area contributed by atoms with Gasteiger partial charge in [0.1, 0.15) is 34.6 Å². The predicted molar refractivity (Wildman–Crippen MR) is 121 cm³/mol. The zero-order chi connectivity index (χ0) is 22.7. The van der Waals surface area contributed by atoms with Gasteiger partial charge >= 0.3 is 0 Å². The zero-order valence-corrected chi connectivity index (χ0v) is 17.6. The van der Waals surface area contributed by atoms with E-state index < -0.39 is 5.92 Å². The smallest absolute Gasteiger partial charge is 0.205 e. The molecule has 3 aromatic rings. The Bertz CT molecular complexity index is 1270. The largest absolute Gasteiger partial charge is 0.507 e. The number of aromatic hydroxyl groups is 1. The molecular weight excluding hydrogens is 406 g/mol. The molecule has 0 radical (unpaired) electrons. The molecule has 0 amide bonds. The van der Waals surface area contributed by atoms with Crippen LogP contribution in [0.1, 0.15) is 22.6 Å². The number of nitriles is 1. The van der Waals surface area contributed by atoms with Gasteiger partial charge in [0.05, 0.1) is 25.8 Å². The summed E-state index contributed by atoms with van der Waals surface area (Å²) in [6.07, 6.45) is 1.55. The summed E-state index contributed by atoms with van der Waals surface area (Å²) in [5.41, 5.74) is 8.88. The number of nitrogens with two attached hydrogens (primary N) is 1. The number of fused-ring (bicyclic) bond motifs is 1. The van der Waals surface area contributed by atoms with Gasteiger partial charge in [-0.2, -0.15) is 5.26 Å². The van der Waals surface area contributed by atoms with Gasteiger partial charge in [0.25, 0.3) is 0 Å². The third-order valence-electron chi connectivity index (χ3n) is 5.22. The van der Waals surface area contributed by atoms with Crippen LogP contribution in [0, 0.1) is 11.3 Å². The Morgan fingerprint density at radius 2 is 1.88 bits per heavy atom. The first-order chi connectivity index (χ1) is 15.5. The van der Waals surface area contributed by atoms with Gasteiger partial charge in [-0.15, -0.1) is 0 Å². The Morgan fingerprint density at radius 1 is 1.06 bits per heavy atom. The van der Waals surface area contributed by atoms with Crippen LogP contribution in [-0.2, 0) is 0 Å². The molecule has 0 saturated carbocycles. The van der Waals surface area contributed by atoms with E-state index in [1.165, 1.54) is 6.07 Å². The SMILES string of the molecule is COc1cccc(N=Cc2cc3c(cc2O)OC(N)=C(C#N)[C@@H]3c2ccccc2OC)c1. The third kappa shape index (κ3) is 3.82. The lowest BCUT2D eigenvalue weighted by Crippen LogP contribution is -2.21. The monoisotopic (exact) mass is 427 g/mol. The first kappa shape index (κ1) is 20.8. The van der Waals surface area contributed by atoms with Gasteiger partial charge in [-0.05, 0) is 24.3 Å². The van der Waals surface area contributed by atoms with E-state index in [0.29, 0.717) is 34.1 Å². The lowest BCUT2D eigenvalue weighted by molar-refractivity contribution is 0.382. The summed E-state index contributed by atoms with van der Waals surface area (Å²) >= 11 is 0. The average molecular weight is 427 g/mol. The second-order valence-corrected chi connectivity index (χ2v) is 7.08. The summed E-state index contributed by atoms with van der Waals surface area (Å²) in [6.45, 7) is 0. The highest BCUT2D eigenvalue weighted by atomic mass is 16.5. The zero-order valence-electron chi connectivity index (χ0n) is 17.6. The van der Waals surface area contributed by atoms with Crippen molar-refractivity contribution in [1.82, 2.24) is 0 Å². The Labute approximate surface area is 185 Å². The van der Waals surface area contributed by atoms with Crippen molar-refractivity contribution in [3.8, 4) is 29.1 Å². The number of aliphatic imine (C=N–C) groups is 1. The molecule has 3 N–H and O–H groups in total. The number of phenols is 1. The Morgan fingerprint density at radius 3 is 2.62 bits per heavy atom. The molecule has 0 saturated heterocycles. The van der Waals surface area contributed by atoms with E-state index in [1.54, 1.807) is 32.6 Å². The molecular formula is C25H21N3O4. The number of para-hydroxylation sites is 1. The van der Waals surface area contributed by atoms with Gasteiger partial charge < -0.3 is 25.1 Å². The fourth-order valence-corrected chi connectivity index (χ4v) is 3.67. The molecule has 1 aliphatic rings.